The number of ether oxygens (including phenoxy) is 1. The van der Waals surface area contributed by atoms with Crippen molar-refractivity contribution in [2.24, 2.45) is 0 Å². The van der Waals surface area contributed by atoms with E-state index < -0.39 is 12.1 Å². The molecule has 89 heavy (non-hydrogen) atoms. The Bertz CT molecular complexity index is 1350. The number of allylic oxidation sites excluding steroid dienone is 2. The monoisotopic (exact) mass is 1250 g/mol. The molecular weight excluding hydrogens is 1090 g/mol. The number of aliphatic hydroxyl groups excluding tert-OH is 2. The van der Waals surface area contributed by atoms with Crippen LogP contribution in [0.1, 0.15) is 483 Å². The molecule has 0 spiro atoms. The molecule has 0 aromatic carbocycles. The van der Waals surface area contributed by atoms with Crippen molar-refractivity contribution in [1.82, 2.24) is 5.32 Å². The van der Waals surface area contributed by atoms with E-state index in [0.717, 1.165) is 38.5 Å². The van der Waals surface area contributed by atoms with Crippen LogP contribution in [0.15, 0.2) is 12.2 Å². The van der Waals surface area contributed by atoms with Gasteiger partial charge in [0.25, 0.3) is 0 Å². The number of esters is 1. The molecule has 0 aliphatic carbocycles. The fourth-order valence-electron chi connectivity index (χ4n) is 13.5. The molecule has 1 amide bonds. The van der Waals surface area contributed by atoms with Crippen LogP contribution in [0.3, 0.4) is 0 Å². The number of carbonyl (C=O) groups excluding carboxylic acids is 2. The Morgan fingerprint density at radius 2 is 0.528 bits per heavy atom. The summed E-state index contributed by atoms with van der Waals surface area (Å²) in [6.45, 7) is 5.02. The molecule has 0 rings (SSSR count). The number of hydrogen-bond acceptors (Lipinski definition) is 5. The maximum atomic E-state index is 12.6. The number of amides is 1. The zero-order chi connectivity index (χ0) is 64.2. The molecule has 0 aliphatic heterocycles. The van der Waals surface area contributed by atoms with Crippen LogP contribution in [-0.4, -0.2) is 47.4 Å². The van der Waals surface area contributed by atoms with Gasteiger partial charge in [-0.2, -0.15) is 0 Å². The summed E-state index contributed by atoms with van der Waals surface area (Å²) in [5, 5.41) is 23.5. The Balaban J connectivity index is 3.32. The lowest BCUT2D eigenvalue weighted by molar-refractivity contribution is -0.143. The third-order valence-corrected chi connectivity index (χ3v) is 19.8. The predicted molar refractivity (Wildman–Crippen MR) is 394 cm³/mol. The molecule has 0 heterocycles. The van der Waals surface area contributed by atoms with E-state index in [-0.39, 0.29) is 18.5 Å². The molecular formula is C83H163NO5. The van der Waals surface area contributed by atoms with Crippen molar-refractivity contribution in [3.05, 3.63) is 12.2 Å². The first kappa shape index (κ1) is 87.6. The summed E-state index contributed by atoms with van der Waals surface area (Å²) in [7, 11) is 0. The van der Waals surface area contributed by atoms with Gasteiger partial charge in [-0.25, -0.2) is 0 Å². The number of hydrogen-bond donors (Lipinski definition) is 3. The van der Waals surface area contributed by atoms with Gasteiger partial charge < -0.3 is 20.3 Å². The Hall–Kier alpha value is -1.40. The topological polar surface area (TPSA) is 95.9 Å². The summed E-state index contributed by atoms with van der Waals surface area (Å²) >= 11 is 0. The Kier molecular flexibility index (Phi) is 77.8. The normalized spacial score (nSPS) is 12.4. The van der Waals surface area contributed by atoms with E-state index in [4.69, 9.17) is 4.74 Å². The molecule has 0 saturated heterocycles. The summed E-state index contributed by atoms with van der Waals surface area (Å²) < 4.78 is 5.50. The highest BCUT2D eigenvalue weighted by Gasteiger charge is 2.20. The molecule has 6 nitrogen and oxygen atoms in total. The van der Waals surface area contributed by atoms with Crippen LogP contribution < -0.4 is 5.32 Å². The summed E-state index contributed by atoms with van der Waals surface area (Å²) in [5.41, 5.74) is 0. The van der Waals surface area contributed by atoms with Crippen molar-refractivity contribution < 1.29 is 24.5 Å². The molecule has 530 valence electrons. The molecule has 3 N–H and O–H groups in total. The van der Waals surface area contributed by atoms with E-state index in [2.05, 4.69) is 31.3 Å². The fraction of sp³-hybridized carbons (Fsp3) is 0.952. The van der Waals surface area contributed by atoms with Crippen molar-refractivity contribution >= 4 is 11.9 Å². The lowest BCUT2D eigenvalue weighted by Crippen LogP contribution is -2.45. The van der Waals surface area contributed by atoms with Crippen molar-refractivity contribution in [3.63, 3.8) is 0 Å². The van der Waals surface area contributed by atoms with Gasteiger partial charge in [0.15, 0.2) is 0 Å². The van der Waals surface area contributed by atoms with Crippen LogP contribution in [0.2, 0.25) is 0 Å². The molecule has 2 unspecified atom stereocenters. The first-order valence-electron chi connectivity index (χ1n) is 41.4. The van der Waals surface area contributed by atoms with Gasteiger partial charge in [0.05, 0.1) is 25.4 Å². The van der Waals surface area contributed by atoms with Gasteiger partial charge in [-0.05, 0) is 51.4 Å². The van der Waals surface area contributed by atoms with Crippen LogP contribution in [0.4, 0.5) is 0 Å². The molecule has 0 bridgehead atoms. The van der Waals surface area contributed by atoms with Crippen molar-refractivity contribution in [1.29, 1.82) is 0 Å². The number of aliphatic hydroxyl groups is 2. The quantitative estimate of drug-likeness (QED) is 0.0320. The van der Waals surface area contributed by atoms with Crippen LogP contribution >= 0.6 is 0 Å². The minimum absolute atomic E-state index is 0.0250. The SMILES string of the molecule is CCCCCCCCCCCCCCCCCCCCCCCC(O)C(CO)NC(=O)CCCCCCCCCCCCCCCCCCC/C=C\CCCCCCCCCCCCCCCCCCOC(=O)CCCCCCCCCCCCCCCC. The number of unbranched alkanes of at least 4 members (excludes halogenated alkanes) is 66. The van der Waals surface area contributed by atoms with Crippen LogP contribution in [-0.2, 0) is 14.3 Å². The standard InChI is InChI=1S/C83H163NO5/c1-3-5-7-9-11-13-15-17-19-20-21-39-42-45-48-51-55-59-63-67-71-75-81(86)80(79-85)84-82(87)76-72-68-64-60-56-52-49-46-43-40-37-35-33-31-29-27-25-23-22-24-26-28-30-32-34-36-38-41-44-47-50-54-58-62-66-70-74-78-89-83(88)77-73-69-65-61-57-53-18-16-14-12-10-8-6-4-2/h22,24,80-81,85-86H,3-21,23,25-79H2,1-2H3,(H,84,87)/b24-22-. The Morgan fingerprint density at radius 1 is 0.303 bits per heavy atom. The predicted octanol–water partition coefficient (Wildman–Crippen LogP) is 27.4. The lowest BCUT2D eigenvalue weighted by Gasteiger charge is -2.22. The minimum Gasteiger partial charge on any atom is -0.466 e. The summed E-state index contributed by atoms with van der Waals surface area (Å²) in [6, 6.07) is -0.539. The number of carbonyl (C=O) groups is 2. The average molecular weight is 1260 g/mol. The maximum absolute atomic E-state index is 12.6. The van der Waals surface area contributed by atoms with Crippen LogP contribution in [0, 0.1) is 0 Å². The molecule has 0 aromatic heterocycles. The van der Waals surface area contributed by atoms with Crippen LogP contribution in [0.25, 0.3) is 0 Å². The van der Waals surface area contributed by atoms with Gasteiger partial charge in [0.1, 0.15) is 0 Å². The van der Waals surface area contributed by atoms with Gasteiger partial charge in [-0.3, -0.25) is 9.59 Å². The smallest absolute Gasteiger partial charge is 0.305 e. The molecule has 0 radical (unpaired) electrons. The second-order valence-corrected chi connectivity index (χ2v) is 28.8. The molecule has 0 aromatic rings. The molecule has 6 heteroatoms. The van der Waals surface area contributed by atoms with Gasteiger partial charge >= 0.3 is 5.97 Å². The fourth-order valence-corrected chi connectivity index (χ4v) is 13.5. The third-order valence-electron chi connectivity index (χ3n) is 19.8. The first-order valence-corrected chi connectivity index (χ1v) is 41.4. The Labute approximate surface area is 559 Å². The molecule has 0 fully saturated rings. The summed E-state index contributed by atoms with van der Waals surface area (Å²) in [4.78, 5) is 24.6. The van der Waals surface area contributed by atoms with Gasteiger partial charge in [0.2, 0.25) is 5.91 Å². The maximum Gasteiger partial charge on any atom is 0.305 e. The zero-order valence-electron chi connectivity index (χ0n) is 61.0. The lowest BCUT2D eigenvalue weighted by atomic mass is 10.0. The zero-order valence-corrected chi connectivity index (χ0v) is 61.0. The second-order valence-electron chi connectivity index (χ2n) is 28.8. The van der Waals surface area contributed by atoms with Crippen LogP contribution in [0.5, 0.6) is 0 Å². The van der Waals surface area contributed by atoms with Gasteiger partial charge in [-0.1, -0.05) is 431 Å². The van der Waals surface area contributed by atoms with E-state index in [0.29, 0.717) is 25.9 Å². The highest BCUT2D eigenvalue weighted by Crippen LogP contribution is 2.21. The average Bonchev–Trinajstić information content (AvgIpc) is 3.63. The molecule has 0 saturated carbocycles. The summed E-state index contributed by atoms with van der Waals surface area (Å²) in [6.07, 6.45) is 100. The van der Waals surface area contributed by atoms with Gasteiger partial charge in [-0.15, -0.1) is 0 Å². The van der Waals surface area contributed by atoms with E-state index in [1.54, 1.807) is 0 Å². The number of nitrogens with one attached hydrogen (secondary N) is 1. The van der Waals surface area contributed by atoms with Gasteiger partial charge in [0, 0.05) is 12.8 Å². The highest BCUT2D eigenvalue weighted by molar-refractivity contribution is 5.76. The van der Waals surface area contributed by atoms with E-state index in [1.807, 2.05) is 0 Å². The van der Waals surface area contributed by atoms with Crippen molar-refractivity contribution in [2.75, 3.05) is 13.2 Å². The number of rotatable bonds is 79. The highest BCUT2D eigenvalue weighted by atomic mass is 16.5. The molecule has 0 aliphatic rings. The molecule has 2 atom stereocenters. The second kappa shape index (κ2) is 79.0. The van der Waals surface area contributed by atoms with E-state index >= 15 is 0 Å². The third kappa shape index (κ3) is 75.5. The minimum atomic E-state index is -0.662. The largest absolute Gasteiger partial charge is 0.466 e. The van der Waals surface area contributed by atoms with E-state index in [1.165, 1.54) is 411 Å². The van der Waals surface area contributed by atoms with Crippen molar-refractivity contribution in [2.45, 2.75) is 495 Å². The van der Waals surface area contributed by atoms with E-state index in [9.17, 15) is 19.8 Å². The first-order chi connectivity index (χ1) is 44.0. The Morgan fingerprint density at radius 3 is 0.798 bits per heavy atom. The van der Waals surface area contributed by atoms with Crippen molar-refractivity contribution in [3.8, 4) is 0 Å². The summed E-state index contributed by atoms with van der Waals surface area (Å²) in [5.74, 6) is -0.0000952.